The number of aromatic nitrogens is 3. The summed E-state index contributed by atoms with van der Waals surface area (Å²) in [4.78, 5) is 16.2. The molecule has 0 unspecified atom stereocenters. The monoisotopic (exact) mass is 303 g/mol. The molecular weight excluding hydrogens is 292 g/mol. The summed E-state index contributed by atoms with van der Waals surface area (Å²) in [7, 11) is 0. The van der Waals surface area contributed by atoms with E-state index in [0.717, 1.165) is 6.07 Å². The van der Waals surface area contributed by atoms with Crippen molar-refractivity contribution in [1.29, 1.82) is 0 Å². The Morgan fingerprint density at radius 1 is 1.32 bits per heavy atom. The maximum Gasteiger partial charge on any atom is 0.344 e. The third-order valence-electron chi connectivity index (χ3n) is 3.08. The van der Waals surface area contributed by atoms with Crippen LogP contribution in [-0.4, -0.2) is 27.2 Å². The van der Waals surface area contributed by atoms with Gasteiger partial charge < -0.3 is 4.74 Å². The molecule has 0 fully saturated rings. The van der Waals surface area contributed by atoms with Gasteiger partial charge in [0.2, 0.25) is 0 Å². The average molecular weight is 303 g/mol. The van der Waals surface area contributed by atoms with Crippen molar-refractivity contribution in [1.82, 2.24) is 14.6 Å². The maximum atomic E-state index is 14.0. The van der Waals surface area contributed by atoms with Gasteiger partial charge in [-0.15, -0.1) is 0 Å². The zero-order valence-corrected chi connectivity index (χ0v) is 11.6. The van der Waals surface area contributed by atoms with Crippen molar-refractivity contribution in [2.75, 3.05) is 6.61 Å². The van der Waals surface area contributed by atoms with Gasteiger partial charge in [0.1, 0.15) is 11.3 Å². The van der Waals surface area contributed by atoms with Gasteiger partial charge in [0, 0.05) is 18.0 Å². The molecule has 0 amide bonds. The summed E-state index contributed by atoms with van der Waals surface area (Å²) in [6.45, 7) is 1.80. The number of fused-ring (bicyclic) bond motifs is 1. The minimum Gasteiger partial charge on any atom is -0.462 e. The molecule has 0 saturated heterocycles. The molecule has 112 valence electrons. The summed E-state index contributed by atoms with van der Waals surface area (Å²) in [5.41, 5.74) is 0.106. The summed E-state index contributed by atoms with van der Waals surface area (Å²) in [5, 5.41) is 4.13. The molecular formula is C15H11F2N3O2. The molecule has 22 heavy (non-hydrogen) atoms. The van der Waals surface area contributed by atoms with Gasteiger partial charge in [-0.25, -0.2) is 23.1 Å². The number of benzene rings is 1. The average Bonchev–Trinajstić information content (AvgIpc) is 2.89. The van der Waals surface area contributed by atoms with Crippen LogP contribution in [0.3, 0.4) is 0 Å². The second-order valence-corrected chi connectivity index (χ2v) is 4.43. The van der Waals surface area contributed by atoms with Crippen LogP contribution in [0.25, 0.3) is 16.9 Å². The molecule has 0 saturated carbocycles. The van der Waals surface area contributed by atoms with Crippen LogP contribution in [0.1, 0.15) is 17.3 Å². The molecule has 0 atom stereocenters. The summed E-state index contributed by atoms with van der Waals surface area (Å²) in [6, 6.07) is 5.31. The lowest BCUT2D eigenvalue weighted by Gasteiger charge is -2.04. The van der Waals surface area contributed by atoms with Crippen LogP contribution >= 0.6 is 0 Å². The van der Waals surface area contributed by atoms with Crippen LogP contribution in [0, 0.1) is 11.6 Å². The van der Waals surface area contributed by atoms with E-state index in [-0.39, 0.29) is 29.1 Å². The van der Waals surface area contributed by atoms with Crippen molar-refractivity contribution in [3.8, 4) is 11.3 Å². The number of carbonyl (C=O) groups excluding carboxylic acids is 1. The zero-order valence-electron chi connectivity index (χ0n) is 11.6. The lowest BCUT2D eigenvalue weighted by molar-refractivity contribution is 0.0529. The Morgan fingerprint density at radius 3 is 2.91 bits per heavy atom. The lowest BCUT2D eigenvalue weighted by Crippen LogP contribution is -2.07. The first-order valence-electron chi connectivity index (χ1n) is 6.58. The molecule has 0 bridgehead atoms. The maximum absolute atomic E-state index is 14.0. The Kier molecular flexibility index (Phi) is 3.54. The van der Waals surface area contributed by atoms with Crippen LogP contribution in [0.15, 0.2) is 36.7 Å². The number of carbonyl (C=O) groups is 1. The number of hydrogen-bond acceptors (Lipinski definition) is 4. The smallest absolute Gasteiger partial charge is 0.344 e. The van der Waals surface area contributed by atoms with Crippen molar-refractivity contribution in [3.05, 3.63) is 53.9 Å². The molecule has 3 aromatic rings. The van der Waals surface area contributed by atoms with E-state index in [1.165, 1.54) is 22.8 Å². The molecule has 5 nitrogen and oxygen atoms in total. The predicted octanol–water partition coefficient (Wildman–Crippen LogP) is 2.85. The third-order valence-corrected chi connectivity index (χ3v) is 3.08. The Hall–Kier alpha value is -2.83. The van der Waals surface area contributed by atoms with Gasteiger partial charge in [0.05, 0.1) is 6.61 Å². The Labute approximate surface area is 124 Å². The van der Waals surface area contributed by atoms with Crippen LogP contribution in [-0.2, 0) is 4.74 Å². The highest BCUT2D eigenvalue weighted by atomic mass is 19.2. The van der Waals surface area contributed by atoms with Gasteiger partial charge in [-0.1, -0.05) is 6.07 Å². The van der Waals surface area contributed by atoms with Crippen molar-refractivity contribution >= 4 is 11.6 Å². The standard InChI is InChI=1S/C15H11F2N3O2/c1-2-22-15(21)11-13(9-5-3-6-10(16)12(9)17)19-20-8-4-7-18-14(11)20/h3-8H,2H2,1H3. The molecule has 3 rings (SSSR count). The van der Waals surface area contributed by atoms with Gasteiger partial charge in [0.15, 0.2) is 17.3 Å². The Bertz CT molecular complexity index is 861. The van der Waals surface area contributed by atoms with Crippen LogP contribution in [0.4, 0.5) is 8.78 Å². The van der Waals surface area contributed by atoms with Gasteiger partial charge in [-0.3, -0.25) is 0 Å². The minimum atomic E-state index is -1.07. The Morgan fingerprint density at radius 2 is 2.14 bits per heavy atom. The van der Waals surface area contributed by atoms with Crippen molar-refractivity contribution in [3.63, 3.8) is 0 Å². The number of rotatable bonds is 3. The minimum absolute atomic E-state index is 0.00542. The third kappa shape index (κ3) is 2.20. The first-order chi connectivity index (χ1) is 10.6. The highest BCUT2D eigenvalue weighted by Gasteiger charge is 2.25. The summed E-state index contributed by atoms with van der Waals surface area (Å²) in [5.74, 6) is -2.77. The topological polar surface area (TPSA) is 56.5 Å². The molecule has 0 aliphatic carbocycles. The molecule has 0 radical (unpaired) electrons. The molecule has 2 aromatic heterocycles. The fourth-order valence-electron chi connectivity index (χ4n) is 2.15. The van der Waals surface area contributed by atoms with Gasteiger partial charge in [-0.2, -0.15) is 5.10 Å². The second-order valence-electron chi connectivity index (χ2n) is 4.43. The molecule has 7 heteroatoms. The Balaban J connectivity index is 2.31. The number of nitrogens with zero attached hydrogens (tertiary/aromatic N) is 3. The highest BCUT2D eigenvalue weighted by molar-refractivity contribution is 6.02. The number of hydrogen-bond donors (Lipinski definition) is 0. The fraction of sp³-hybridized carbons (Fsp3) is 0.133. The number of esters is 1. The zero-order chi connectivity index (χ0) is 15.7. The fourth-order valence-corrected chi connectivity index (χ4v) is 2.15. The molecule has 1 aromatic carbocycles. The van der Waals surface area contributed by atoms with E-state index in [0.29, 0.717) is 0 Å². The van der Waals surface area contributed by atoms with Crippen molar-refractivity contribution in [2.24, 2.45) is 0 Å². The van der Waals surface area contributed by atoms with Crippen molar-refractivity contribution in [2.45, 2.75) is 6.92 Å². The SMILES string of the molecule is CCOC(=O)c1c(-c2cccc(F)c2F)nn2cccnc12. The predicted molar refractivity (Wildman–Crippen MR) is 74.3 cm³/mol. The molecule has 0 aliphatic heterocycles. The van der Waals surface area contributed by atoms with Gasteiger partial charge >= 0.3 is 5.97 Å². The summed E-state index contributed by atoms with van der Waals surface area (Å²) < 4.78 is 33.8. The first kappa shape index (κ1) is 14.1. The quantitative estimate of drug-likeness (QED) is 0.698. The number of ether oxygens (including phenoxy) is 1. The molecule has 0 N–H and O–H groups in total. The normalized spacial score (nSPS) is 10.9. The molecule has 0 aliphatic rings. The van der Waals surface area contributed by atoms with E-state index in [1.807, 2.05) is 0 Å². The largest absolute Gasteiger partial charge is 0.462 e. The lowest BCUT2D eigenvalue weighted by atomic mass is 10.1. The van der Waals surface area contributed by atoms with E-state index in [4.69, 9.17) is 4.74 Å². The van der Waals surface area contributed by atoms with Crippen LogP contribution in [0.5, 0.6) is 0 Å². The first-order valence-corrected chi connectivity index (χ1v) is 6.58. The van der Waals surface area contributed by atoms with E-state index < -0.39 is 17.6 Å². The van der Waals surface area contributed by atoms with E-state index in [1.54, 1.807) is 19.2 Å². The van der Waals surface area contributed by atoms with Gasteiger partial charge in [-0.05, 0) is 25.1 Å². The molecule has 0 spiro atoms. The van der Waals surface area contributed by atoms with Crippen LogP contribution < -0.4 is 0 Å². The van der Waals surface area contributed by atoms with E-state index in [2.05, 4.69) is 10.1 Å². The van der Waals surface area contributed by atoms with Crippen molar-refractivity contribution < 1.29 is 18.3 Å². The number of halogens is 2. The van der Waals surface area contributed by atoms with Crippen LogP contribution in [0.2, 0.25) is 0 Å². The second kappa shape index (κ2) is 5.51. The summed E-state index contributed by atoms with van der Waals surface area (Å²) >= 11 is 0. The van der Waals surface area contributed by atoms with E-state index in [9.17, 15) is 13.6 Å². The molecule has 2 heterocycles. The summed E-state index contributed by atoms with van der Waals surface area (Å²) in [6.07, 6.45) is 3.04. The van der Waals surface area contributed by atoms with E-state index >= 15 is 0 Å². The highest BCUT2D eigenvalue weighted by Crippen LogP contribution is 2.29. The van der Waals surface area contributed by atoms with Gasteiger partial charge in [0.25, 0.3) is 0 Å².